The molecule has 0 aromatic heterocycles. The summed E-state index contributed by atoms with van der Waals surface area (Å²) >= 11 is 3.06. The fourth-order valence-electron chi connectivity index (χ4n) is 1.51. The van der Waals surface area contributed by atoms with E-state index in [-0.39, 0.29) is 12.0 Å². The van der Waals surface area contributed by atoms with Gasteiger partial charge >= 0.3 is 6.18 Å². The van der Waals surface area contributed by atoms with Crippen LogP contribution in [0.4, 0.5) is 13.2 Å². The lowest BCUT2D eigenvalue weighted by atomic mass is 9.98. The second kappa shape index (κ2) is 5.67. The van der Waals surface area contributed by atoms with E-state index in [2.05, 4.69) is 15.9 Å². The van der Waals surface area contributed by atoms with E-state index in [0.717, 1.165) is 11.6 Å². The highest BCUT2D eigenvalue weighted by Crippen LogP contribution is 2.33. The monoisotopic (exact) mass is 308 g/mol. The predicted octanol–water partition coefficient (Wildman–Crippen LogP) is 4.24. The van der Waals surface area contributed by atoms with E-state index in [4.69, 9.17) is 0 Å². The Hall–Kier alpha value is -0.840. The molecule has 0 aliphatic heterocycles. The van der Waals surface area contributed by atoms with Crippen LogP contribution in [0.15, 0.2) is 18.2 Å². The van der Waals surface area contributed by atoms with Crippen LogP contribution in [0.3, 0.4) is 0 Å². The highest BCUT2D eigenvalue weighted by Gasteiger charge is 2.34. The highest BCUT2D eigenvalue weighted by atomic mass is 79.9. The van der Waals surface area contributed by atoms with Crippen LogP contribution >= 0.6 is 15.9 Å². The van der Waals surface area contributed by atoms with Crippen molar-refractivity contribution in [3.05, 3.63) is 34.9 Å². The molecule has 0 saturated carbocycles. The van der Waals surface area contributed by atoms with Crippen molar-refractivity contribution in [2.75, 3.05) is 5.33 Å². The summed E-state index contributed by atoms with van der Waals surface area (Å²) in [5, 5.41) is 0.361. The van der Waals surface area contributed by atoms with Gasteiger partial charge in [0.1, 0.15) is 0 Å². The molecule has 0 saturated heterocycles. The maximum absolute atomic E-state index is 12.7. The molecule has 0 radical (unpaired) electrons. The largest absolute Gasteiger partial charge is 0.417 e. The van der Waals surface area contributed by atoms with Gasteiger partial charge in [0.15, 0.2) is 5.78 Å². The zero-order valence-electron chi connectivity index (χ0n) is 9.27. The number of carbonyl (C=O) groups is 1. The first-order chi connectivity index (χ1) is 7.90. The summed E-state index contributed by atoms with van der Waals surface area (Å²) in [4.78, 5) is 11.7. The number of hydrogen-bond donors (Lipinski definition) is 0. The lowest BCUT2D eigenvalue weighted by Crippen LogP contribution is -2.14. The van der Waals surface area contributed by atoms with Crippen molar-refractivity contribution in [3.8, 4) is 0 Å². The molecule has 0 spiro atoms. The second-order valence-corrected chi connectivity index (χ2v) is 4.39. The number of rotatable bonds is 4. The number of aryl methyl sites for hydroxylation is 1. The molecule has 94 valence electrons. The maximum atomic E-state index is 12.7. The van der Waals surface area contributed by atoms with Crippen LogP contribution in [-0.2, 0) is 12.6 Å². The summed E-state index contributed by atoms with van der Waals surface area (Å²) < 4.78 is 38.2. The summed E-state index contributed by atoms with van der Waals surface area (Å²) in [5.41, 5.74) is -0.340. The Morgan fingerprint density at radius 1 is 1.35 bits per heavy atom. The molecule has 0 amide bonds. The molecule has 1 rings (SSSR count). The highest BCUT2D eigenvalue weighted by molar-refractivity contribution is 9.09. The van der Waals surface area contributed by atoms with Crippen LogP contribution in [0.1, 0.15) is 34.8 Å². The first kappa shape index (κ1) is 14.2. The fourth-order valence-corrected chi connectivity index (χ4v) is 1.87. The van der Waals surface area contributed by atoms with E-state index in [0.29, 0.717) is 11.8 Å². The summed E-state index contributed by atoms with van der Waals surface area (Å²) in [5.74, 6) is -0.482. The predicted molar refractivity (Wildman–Crippen MR) is 63.6 cm³/mol. The Labute approximate surface area is 106 Å². The molecule has 0 atom stereocenters. The standard InChI is InChI=1S/C12H12BrF3O/c1-2-8-3-4-10(12(14,15)16)9(7-8)11(17)5-6-13/h3-4,7H,2,5-6H2,1H3. The molecular formula is C12H12BrF3O. The maximum Gasteiger partial charge on any atom is 0.417 e. The Morgan fingerprint density at radius 2 is 2.00 bits per heavy atom. The number of hydrogen-bond acceptors (Lipinski definition) is 1. The minimum atomic E-state index is -4.48. The molecule has 0 heterocycles. The molecule has 1 nitrogen and oxygen atoms in total. The van der Waals surface area contributed by atoms with Crippen molar-refractivity contribution in [1.29, 1.82) is 0 Å². The van der Waals surface area contributed by atoms with Gasteiger partial charge in [-0.1, -0.05) is 28.9 Å². The number of halogens is 4. The van der Waals surface area contributed by atoms with E-state index in [9.17, 15) is 18.0 Å². The molecule has 1 aromatic rings. The van der Waals surface area contributed by atoms with Crippen molar-refractivity contribution >= 4 is 21.7 Å². The summed E-state index contributed by atoms with van der Waals surface area (Å²) in [6, 6.07) is 3.74. The Balaban J connectivity index is 3.26. The third-order valence-corrected chi connectivity index (χ3v) is 2.82. The number of alkyl halides is 4. The molecule has 17 heavy (non-hydrogen) atoms. The van der Waals surface area contributed by atoms with Crippen LogP contribution in [-0.4, -0.2) is 11.1 Å². The van der Waals surface area contributed by atoms with Crippen LogP contribution < -0.4 is 0 Å². The van der Waals surface area contributed by atoms with Gasteiger partial charge in [-0.15, -0.1) is 0 Å². The van der Waals surface area contributed by atoms with Crippen LogP contribution in [0.25, 0.3) is 0 Å². The first-order valence-electron chi connectivity index (χ1n) is 5.19. The quantitative estimate of drug-likeness (QED) is 0.601. The topological polar surface area (TPSA) is 17.1 Å². The normalized spacial score (nSPS) is 11.6. The summed E-state index contributed by atoms with van der Waals surface area (Å²) in [7, 11) is 0. The van der Waals surface area contributed by atoms with Crippen LogP contribution in [0.2, 0.25) is 0 Å². The third-order valence-electron chi connectivity index (χ3n) is 2.42. The SMILES string of the molecule is CCc1ccc(C(F)(F)F)c(C(=O)CCBr)c1. The lowest BCUT2D eigenvalue weighted by molar-refractivity contribution is -0.137. The van der Waals surface area contributed by atoms with Crippen molar-refractivity contribution in [2.24, 2.45) is 0 Å². The van der Waals surface area contributed by atoms with E-state index in [1.807, 2.05) is 6.92 Å². The Kier molecular flexibility index (Phi) is 4.74. The number of ketones is 1. The molecule has 0 bridgehead atoms. The van der Waals surface area contributed by atoms with Gasteiger partial charge in [-0.3, -0.25) is 4.79 Å². The number of benzene rings is 1. The van der Waals surface area contributed by atoms with Crippen molar-refractivity contribution in [3.63, 3.8) is 0 Å². The van der Waals surface area contributed by atoms with Gasteiger partial charge in [-0.2, -0.15) is 13.2 Å². The van der Waals surface area contributed by atoms with Gasteiger partial charge in [0, 0.05) is 17.3 Å². The van der Waals surface area contributed by atoms with Crippen molar-refractivity contribution < 1.29 is 18.0 Å². The average Bonchev–Trinajstić information content (AvgIpc) is 2.27. The van der Waals surface area contributed by atoms with E-state index >= 15 is 0 Å². The summed E-state index contributed by atoms with van der Waals surface area (Å²) in [6.07, 6.45) is -3.81. The van der Waals surface area contributed by atoms with Gasteiger partial charge in [-0.25, -0.2) is 0 Å². The van der Waals surface area contributed by atoms with Crippen molar-refractivity contribution in [1.82, 2.24) is 0 Å². The van der Waals surface area contributed by atoms with Gasteiger partial charge in [0.25, 0.3) is 0 Å². The minimum Gasteiger partial charge on any atom is -0.294 e. The molecule has 0 fully saturated rings. The van der Waals surface area contributed by atoms with Crippen molar-refractivity contribution in [2.45, 2.75) is 25.9 Å². The molecular weight excluding hydrogens is 297 g/mol. The Bertz CT molecular complexity index is 413. The van der Waals surface area contributed by atoms with Crippen LogP contribution in [0.5, 0.6) is 0 Å². The average molecular weight is 309 g/mol. The van der Waals surface area contributed by atoms with E-state index < -0.39 is 17.5 Å². The minimum absolute atomic E-state index is 0.0657. The molecule has 0 unspecified atom stereocenters. The molecule has 0 N–H and O–H groups in total. The van der Waals surface area contributed by atoms with E-state index in [1.54, 1.807) is 0 Å². The fraction of sp³-hybridized carbons (Fsp3) is 0.417. The van der Waals surface area contributed by atoms with Gasteiger partial charge in [-0.05, 0) is 24.1 Å². The van der Waals surface area contributed by atoms with Crippen LogP contribution in [0, 0.1) is 0 Å². The first-order valence-corrected chi connectivity index (χ1v) is 6.31. The van der Waals surface area contributed by atoms with Gasteiger partial charge in [0.05, 0.1) is 5.56 Å². The Morgan fingerprint density at radius 3 is 2.47 bits per heavy atom. The molecule has 0 aliphatic rings. The van der Waals surface area contributed by atoms with Gasteiger partial charge < -0.3 is 0 Å². The lowest BCUT2D eigenvalue weighted by Gasteiger charge is -2.13. The molecule has 5 heteroatoms. The van der Waals surface area contributed by atoms with Gasteiger partial charge in [0.2, 0.25) is 0 Å². The molecule has 1 aromatic carbocycles. The summed E-state index contributed by atoms with van der Waals surface area (Å²) in [6.45, 7) is 1.83. The second-order valence-electron chi connectivity index (χ2n) is 3.59. The number of carbonyl (C=O) groups excluding carboxylic acids is 1. The molecule has 0 aliphatic carbocycles. The number of Topliss-reactive ketones (excluding diaryl/α,β-unsaturated/α-hetero) is 1. The zero-order valence-corrected chi connectivity index (χ0v) is 10.9. The van der Waals surface area contributed by atoms with E-state index in [1.165, 1.54) is 12.1 Å². The smallest absolute Gasteiger partial charge is 0.294 e. The third kappa shape index (κ3) is 3.56. The zero-order chi connectivity index (χ0) is 13.1.